The van der Waals surface area contributed by atoms with Gasteiger partial charge in [-0.3, -0.25) is 4.90 Å². The maximum Gasteiger partial charge on any atom is 0.104 e. The number of piperidine rings is 1. The molecule has 2 aromatic carbocycles. The van der Waals surface area contributed by atoms with Crippen molar-refractivity contribution >= 4 is 16.2 Å². The van der Waals surface area contributed by atoms with Crippen LogP contribution in [0, 0.1) is 5.92 Å². The van der Waals surface area contributed by atoms with Gasteiger partial charge in [-0.05, 0) is 36.3 Å². The highest BCUT2D eigenvalue weighted by atomic mass is 32.1. The molecule has 1 unspecified atom stereocenters. The van der Waals surface area contributed by atoms with E-state index in [0.29, 0.717) is 17.2 Å². The van der Waals surface area contributed by atoms with Crippen molar-refractivity contribution in [3.63, 3.8) is 0 Å². The van der Waals surface area contributed by atoms with Crippen LogP contribution in [0.2, 0.25) is 0 Å². The fourth-order valence-electron chi connectivity index (χ4n) is 3.12. The van der Waals surface area contributed by atoms with Crippen molar-refractivity contribution in [3.05, 3.63) is 71.8 Å². The molecule has 1 aliphatic rings. The van der Waals surface area contributed by atoms with Gasteiger partial charge in [0.1, 0.15) is 11.3 Å². The van der Waals surface area contributed by atoms with Crippen LogP contribution in [0.5, 0.6) is 0 Å². The van der Waals surface area contributed by atoms with Crippen molar-refractivity contribution in [3.8, 4) is 0 Å². The molecular formula is C19H21NOS. The molecule has 0 aliphatic carbocycles. The molecule has 114 valence electrons. The van der Waals surface area contributed by atoms with E-state index < -0.39 is 0 Å². The molecule has 1 atom stereocenters. The van der Waals surface area contributed by atoms with E-state index in [4.69, 9.17) is 0 Å². The zero-order valence-corrected chi connectivity index (χ0v) is 13.5. The van der Waals surface area contributed by atoms with Gasteiger partial charge in [0.25, 0.3) is 0 Å². The minimum absolute atomic E-state index is 0.589. The predicted molar refractivity (Wildman–Crippen MR) is 92.9 cm³/mol. The van der Waals surface area contributed by atoms with Crippen LogP contribution >= 0.6 is 0 Å². The summed E-state index contributed by atoms with van der Waals surface area (Å²) in [4.78, 5) is 3.25. The van der Waals surface area contributed by atoms with Gasteiger partial charge in [0.2, 0.25) is 0 Å². The lowest BCUT2D eigenvalue weighted by molar-refractivity contribution is 0.313. The van der Waals surface area contributed by atoms with Gasteiger partial charge in [0, 0.05) is 13.1 Å². The number of hydrogen-bond donors (Lipinski definition) is 0. The van der Waals surface area contributed by atoms with Gasteiger partial charge < -0.3 is 0 Å². The van der Waals surface area contributed by atoms with Gasteiger partial charge in [-0.15, -0.1) is 0 Å². The average molecular weight is 311 g/mol. The highest BCUT2D eigenvalue weighted by Gasteiger charge is 2.24. The lowest BCUT2D eigenvalue weighted by atomic mass is 9.90. The molecule has 3 heteroatoms. The first-order valence-electron chi connectivity index (χ1n) is 7.83. The fraction of sp³-hybridized carbons (Fsp3) is 0.316. The van der Waals surface area contributed by atoms with E-state index in [-0.39, 0.29) is 0 Å². The van der Waals surface area contributed by atoms with E-state index in [0.717, 1.165) is 37.3 Å². The number of hydrogen-bond acceptors (Lipinski definition) is 1. The van der Waals surface area contributed by atoms with Crippen LogP contribution in [0.3, 0.4) is 0 Å². The van der Waals surface area contributed by atoms with Gasteiger partial charge in [0.05, 0.1) is 4.99 Å². The zero-order valence-electron chi connectivity index (χ0n) is 12.7. The molecule has 3 rings (SSSR count). The second kappa shape index (κ2) is 7.52. The Morgan fingerprint density at radius 2 is 1.59 bits per heavy atom. The molecule has 0 radical (unpaired) electrons. The standard InChI is InChI=1S/C19H21NOS/c21-22-19-14-18(13-16-7-3-1-4-8-16)11-12-20(19)15-17-9-5-2-6-10-17/h1-10,18H,11-15H2. The van der Waals surface area contributed by atoms with Crippen molar-refractivity contribution in [1.82, 2.24) is 4.90 Å². The van der Waals surface area contributed by atoms with Crippen LogP contribution in [-0.2, 0) is 24.2 Å². The quantitative estimate of drug-likeness (QED) is 0.806. The third-order valence-electron chi connectivity index (χ3n) is 4.30. The molecule has 0 bridgehead atoms. The minimum atomic E-state index is 0.589. The van der Waals surface area contributed by atoms with Crippen molar-refractivity contribution in [2.45, 2.75) is 25.8 Å². The Labute approximate surface area is 135 Å². The third kappa shape index (κ3) is 3.93. The molecule has 2 nitrogen and oxygen atoms in total. The van der Waals surface area contributed by atoms with Gasteiger partial charge >= 0.3 is 0 Å². The van der Waals surface area contributed by atoms with Crippen LogP contribution in [0.4, 0.5) is 0 Å². The molecule has 0 aromatic heterocycles. The van der Waals surface area contributed by atoms with Crippen molar-refractivity contribution in [2.24, 2.45) is 5.92 Å². The molecule has 22 heavy (non-hydrogen) atoms. The Morgan fingerprint density at radius 3 is 2.23 bits per heavy atom. The number of likely N-dealkylation sites (tertiary alicyclic amines) is 1. The Bertz CT molecular complexity index is 650. The summed E-state index contributed by atoms with van der Waals surface area (Å²) in [5, 5.41) is 0. The van der Waals surface area contributed by atoms with Crippen molar-refractivity contribution < 1.29 is 4.21 Å². The maximum absolute atomic E-state index is 11.5. The third-order valence-corrected chi connectivity index (χ3v) is 4.92. The molecule has 0 amide bonds. The highest BCUT2D eigenvalue weighted by molar-refractivity contribution is 7.66. The summed E-state index contributed by atoms with van der Waals surface area (Å²) < 4.78 is 11.5. The highest BCUT2D eigenvalue weighted by Crippen LogP contribution is 2.24. The SMILES string of the molecule is O=S=C1CC(Cc2ccccc2)CCN1Cc1ccccc1. The topological polar surface area (TPSA) is 20.3 Å². The number of nitrogens with zero attached hydrogens (tertiary/aromatic N) is 1. The molecule has 1 fully saturated rings. The van der Waals surface area contributed by atoms with Crippen LogP contribution in [0.1, 0.15) is 24.0 Å². The normalized spacial score (nSPS) is 19.1. The molecule has 0 saturated carbocycles. The Kier molecular flexibility index (Phi) is 5.20. The number of benzene rings is 2. The molecule has 0 N–H and O–H groups in total. The van der Waals surface area contributed by atoms with E-state index >= 15 is 0 Å². The summed E-state index contributed by atoms with van der Waals surface area (Å²) in [5.41, 5.74) is 2.65. The summed E-state index contributed by atoms with van der Waals surface area (Å²) in [6, 6.07) is 21.0. The van der Waals surface area contributed by atoms with E-state index in [1.54, 1.807) is 0 Å². The Morgan fingerprint density at radius 1 is 0.955 bits per heavy atom. The van der Waals surface area contributed by atoms with E-state index in [1.807, 2.05) is 6.07 Å². The fourth-order valence-corrected chi connectivity index (χ4v) is 3.69. The zero-order chi connectivity index (χ0) is 15.2. The summed E-state index contributed by atoms with van der Waals surface area (Å²) in [7, 11) is 0. The first-order chi connectivity index (χ1) is 10.8. The average Bonchev–Trinajstić information content (AvgIpc) is 2.58. The Balaban J connectivity index is 1.63. The number of rotatable bonds is 4. The summed E-state index contributed by atoms with van der Waals surface area (Å²) >= 11 is 0.680. The van der Waals surface area contributed by atoms with E-state index in [9.17, 15) is 4.21 Å². The molecule has 1 heterocycles. The van der Waals surface area contributed by atoms with E-state index in [1.165, 1.54) is 11.1 Å². The molecule has 2 aromatic rings. The van der Waals surface area contributed by atoms with Crippen LogP contribution in [0.25, 0.3) is 0 Å². The van der Waals surface area contributed by atoms with E-state index in [2.05, 4.69) is 59.5 Å². The van der Waals surface area contributed by atoms with Gasteiger partial charge in [-0.25, -0.2) is 4.21 Å². The smallest absolute Gasteiger partial charge is 0.104 e. The monoisotopic (exact) mass is 311 g/mol. The van der Waals surface area contributed by atoms with Crippen LogP contribution in [0.15, 0.2) is 60.7 Å². The molecule has 1 aliphatic heterocycles. The van der Waals surface area contributed by atoms with Crippen molar-refractivity contribution in [2.75, 3.05) is 6.54 Å². The summed E-state index contributed by atoms with van der Waals surface area (Å²) in [5.74, 6) is 0.589. The maximum atomic E-state index is 11.5. The minimum Gasteiger partial charge on any atom is -0.263 e. The lowest BCUT2D eigenvalue weighted by Gasteiger charge is -2.32. The first-order valence-corrected chi connectivity index (χ1v) is 8.58. The van der Waals surface area contributed by atoms with Crippen LogP contribution < -0.4 is 0 Å². The van der Waals surface area contributed by atoms with Gasteiger partial charge in [-0.2, -0.15) is 0 Å². The summed E-state index contributed by atoms with van der Waals surface area (Å²) in [6.45, 7) is 1.83. The first kappa shape index (κ1) is 15.2. The Hall–Kier alpha value is -1.71. The van der Waals surface area contributed by atoms with Crippen molar-refractivity contribution in [1.29, 1.82) is 0 Å². The molecule has 1 saturated heterocycles. The molecule has 0 spiro atoms. The largest absolute Gasteiger partial charge is 0.263 e. The van der Waals surface area contributed by atoms with Gasteiger partial charge in [0.15, 0.2) is 0 Å². The van der Waals surface area contributed by atoms with Gasteiger partial charge in [-0.1, -0.05) is 60.7 Å². The lowest BCUT2D eigenvalue weighted by Crippen LogP contribution is -2.38. The summed E-state index contributed by atoms with van der Waals surface area (Å²) in [6.07, 6.45) is 3.14. The van der Waals surface area contributed by atoms with Crippen LogP contribution in [-0.4, -0.2) is 20.6 Å². The predicted octanol–water partition coefficient (Wildman–Crippen LogP) is 3.48. The second-order valence-corrected chi connectivity index (χ2v) is 6.57. The second-order valence-electron chi connectivity index (χ2n) is 5.93. The molecular weight excluding hydrogens is 290 g/mol.